The van der Waals surface area contributed by atoms with Gasteiger partial charge in [0.05, 0.1) is 25.7 Å². The monoisotopic (exact) mass is 309 g/mol. The van der Waals surface area contributed by atoms with Gasteiger partial charge in [0, 0.05) is 0 Å². The summed E-state index contributed by atoms with van der Waals surface area (Å²) in [5.41, 5.74) is 3.33. The maximum atomic E-state index is 9.39. The summed E-state index contributed by atoms with van der Waals surface area (Å²) in [6.45, 7) is 4.73. The number of rotatable bonds is 7. The largest absolute Gasteiger partial charge is 0.497 e. The highest BCUT2D eigenvalue weighted by atomic mass is 16.5. The van der Waals surface area contributed by atoms with Crippen LogP contribution in [0.4, 0.5) is 0 Å². The summed E-state index contributed by atoms with van der Waals surface area (Å²) in [5.74, 6) is 1.66. The summed E-state index contributed by atoms with van der Waals surface area (Å²) in [6.07, 6.45) is 1.63. The van der Waals surface area contributed by atoms with Gasteiger partial charge in [0.1, 0.15) is 11.5 Å². The summed E-state index contributed by atoms with van der Waals surface area (Å²) in [4.78, 5) is 0. The molecule has 0 aliphatic heterocycles. The average molecular weight is 309 g/mol. The Morgan fingerprint density at radius 1 is 1.04 bits per heavy atom. The third kappa shape index (κ3) is 4.50. The van der Waals surface area contributed by atoms with E-state index >= 15 is 0 Å². The minimum Gasteiger partial charge on any atom is -0.497 e. The van der Waals surface area contributed by atoms with E-state index in [1.54, 1.807) is 7.11 Å². The summed E-state index contributed by atoms with van der Waals surface area (Å²) in [5, 5.41) is 9.39. The molecule has 3 heteroatoms. The van der Waals surface area contributed by atoms with Gasteiger partial charge in [-0.3, -0.25) is 0 Å². The lowest BCUT2D eigenvalue weighted by Gasteiger charge is -2.13. The van der Waals surface area contributed by atoms with Gasteiger partial charge in [-0.25, -0.2) is 0 Å². The molecule has 0 aromatic heterocycles. The van der Waals surface area contributed by atoms with E-state index in [2.05, 4.69) is 32.0 Å². The molecule has 120 valence electrons. The Bertz CT molecular complexity index is 651. The average Bonchev–Trinajstić information content (AvgIpc) is 2.57. The minimum absolute atomic E-state index is 0.109. The molecule has 0 aliphatic carbocycles. The first kappa shape index (κ1) is 16.9. The Hall–Kier alpha value is -2.47. The Morgan fingerprint density at radius 2 is 1.70 bits per heavy atom. The predicted molar refractivity (Wildman–Crippen MR) is 92.0 cm³/mol. The van der Waals surface area contributed by atoms with Crippen LogP contribution in [0.3, 0.4) is 0 Å². The maximum Gasteiger partial charge on any atom is 0.125 e. The van der Waals surface area contributed by atoms with Gasteiger partial charge in [-0.1, -0.05) is 30.3 Å². The molecule has 0 radical (unpaired) electrons. The molecule has 0 saturated carbocycles. The fraction of sp³-hybridized carbons (Fsp3) is 0.350. The molecule has 1 atom stereocenters. The van der Waals surface area contributed by atoms with Gasteiger partial charge in [0.25, 0.3) is 0 Å². The van der Waals surface area contributed by atoms with Gasteiger partial charge in [-0.2, -0.15) is 5.26 Å². The number of nitrogens with zero attached hydrogens (tertiary/aromatic N) is 1. The molecule has 0 bridgehead atoms. The first-order chi connectivity index (χ1) is 11.2. The van der Waals surface area contributed by atoms with Gasteiger partial charge in [-0.05, 0) is 55.5 Å². The van der Waals surface area contributed by atoms with Gasteiger partial charge < -0.3 is 9.47 Å². The molecule has 2 rings (SSSR count). The highest BCUT2D eigenvalue weighted by molar-refractivity contribution is 5.39. The van der Waals surface area contributed by atoms with Crippen LogP contribution in [0.5, 0.6) is 11.5 Å². The van der Waals surface area contributed by atoms with Gasteiger partial charge in [0.2, 0.25) is 0 Å². The molecule has 0 fully saturated rings. The zero-order valence-corrected chi connectivity index (χ0v) is 14.0. The number of ether oxygens (including phenoxy) is 2. The van der Waals surface area contributed by atoms with E-state index in [-0.39, 0.29) is 5.92 Å². The van der Waals surface area contributed by atoms with Crippen LogP contribution in [0.1, 0.15) is 35.4 Å². The van der Waals surface area contributed by atoms with E-state index in [9.17, 15) is 5.26 Å². The van der Waals surface area contributed by atoms with Crippen LogP contribution in [0, 0.1) is 25.2 Å². The zero-order chi connectivity index (χ0) is 16.7. The van der Waals surface area contributed by atoms with Crippen LogP contribution in [0.25, 0.3) is 0 Å². The Morgan fingerprint density at radius 3 is 2.26 bits per heavy atom. The number of hydrogen-bond donors (Lipinski definition) is 0. The third-order valence-corrected chi connectivity index (χ3v) is 3.97. The van der Waals surface area contributed by atoms with Crippen LogP contribution in [0.15, 0.2) is 42.5 Å². The normalized spacial score (nSPS) is 11.6. The Labute approximate surface area is 138 Å². The molecule has 1 unspecified atom stereocenters. The SMILES string of the molecule is COc1ccc(C(C#N)CCCOc2c(C)cccc2C)cc1. The zero-order valence-electron chi connectivity index (χ0n) is 14.0. The second-order valence-corrected chi connectivity index (χ2v) is 5.67. The molecule has 2 aromatic carbocycles. The van der Waals surface area contributed by atoms with Gasteiger partial charge >= 0.3 is 0 Å². The second-order valence-electron chi connectivity index (χ2n) is 5.67. The summed E-state index contributed by atoms with van der Waals surface area (Å²) >= 11 is 0. The van der Waals surface area contributed by atoms with E-state index in [1.165, 1.54) is 0 Å². The molecule has 0 saturated heterocycles. The van der Waals surface area contributed by atoms with Crippen molar-refractivity contribution in [1.82, 2.24) is 0 Å². The van der Waals surface area contributed by atoms with Crippen molar-refractivity contribution >= 4 is 0 Å². The fourth-order valence-corrected chi connectivity index (χ4v) is 2.63. The Balaban J connectivity index is 1.87. The molecule has 2 aromatic rings. The van der Waals surface area contributed by atoms with E-state index in [4.69, 9.17) is 9.47 Å². The van der Waals surface area contributed by atoms with E-state index in [1.807, 2.05) is 30.3 Å². The molecule has 0 aliphatic rings. The standard InChI is InChI=1S/C20H23NO2/c1-15-6-4-7-16(2)20(15)23-13-5-8-18(14-21)17-9-11-19(22-3)12-10-17/h4,6-7,9-12,18H,5,8,13H2,1-3H3. The molecule has 0 amide bonds. The lowest BCUT2D eigenvalue weighted by atomic mass is 9.96. The Kier molecular flexibility index (Phi) is 6.05. The number of para-hydroxylation sites is 1. The number of aryl methyl sites for hydroxylation is 2. The number of benzene rings is 2. The molecule has 0 N–H and O–H groups in total. The lowest BCUT2D eigenvalue weighted by Crippen LogP contribution is -2.04. The topological polar surface area (TPSA) is 42.2 Å². The molecule has 0 heterocycles. The molecular formula is C20H23NO2. The summed E-state index contributed by atoms with van der Waals surface area (Å²) < 4.78 is 11.1. The van der Waals surface area contributed by atoms with Crippen molar-refractivity contribution in [2.45, 2.75) is 32.6 Å². The molecule has 23 heavy (non-hydrogen) atoms. The van der Waals surface area contributed by atoms with E-state index in [0.717, 1.165) is 41.0 Å². The van der Waals surface area contributed by atoms with Crippen molar-refractivity contribution in [2.75, 3.05) is 13.7 Å². The van der Waals surface area contributed by atoms with Crippen molar-refractivity contribution in [3.05, 3.63) is 59.2 Å². The quantitative estimate of drug-likeness (QED) is 0.691. The molecule has 3 nitrogen and oxygen atoms in total. The first-order valence-electron chi connectivity index (χ1n) is 7.88. The highest BCUT2D eigenvalue weighted by Crippen LogP contribution is 2.25. The summed E-state index contributed by atoms with van der Waals surface area (Å²) in [6, 6.07) is 16.2. The molecule has 0 spiro atoms. The van der Waals surface area contributed by atoms with Gasteiger partial charge in [-0.15, -0.1) is 0 Å². The lowest BCUT2D eigenvalue weighted by molar-refractivity contribution is 0.301. The van der Waals surface area contributed by atoms with E-state index in [0.29, 0.717) is 6.61 Å². The van der Waals surface area contributed by atoms with Crippen molar-refractivity contribution < 1.29 is 9.47 Å². The van der Waals surface area contributed by atoms with Crippen LogP contribution in [0.2, 0.25) is 0 Å². The van der Waals surface area contributed by atoms with Crippen molar-refractivity contribution in [3.8, 4) is 17.6 Å². The van der Waals surface area contributed by atoms with Crippen molar-refractivity contribution in [2.24, 2.45) is 0 Å². The van der Waals surface area contributed by atoms with Crippen LogP contribution in [-0.4, -0.2) is 13.7 Å². The smallest absolute Gasteiger partial charge is 0.125 e. The number of hydrogen-bond acceptors (Lipinski definition) is 3. The van der Waals surface area contributed by atoms with Crippen LogP contribution >= 0.6 is 0 Å². The highest BCUT2D eigenvalue weighted by Gasteiger charge is 2.11. The summed E-state index contributed by atoms with van der Waals surface area (Å²) in [7, 11) is 1.64. The second kappa shape index (κ2) is 8.24. The van der Waals surface area contributed by atoms with E-state index < -0.39 is 0 Å². The van der Waals surface area contributed by atoms with Crippen molar-refractivity contribution in [1.29, 1.82) is 5.26 Å². The predicted octanol–water partition coefficient (Wildman–Crippen LogP) is 4.78. The van der Waals surface area contributed by atoms with Crippen LogP contribution < -0.4 is 9.47 Å². The number of nitriles is 1. The van der Waals surface area contributed by atoms with Crippen molar-refractivity contribution in [3.63, 3.8) is 0 Å². The van der Waals surface area contributed by atoms with Crippen LogP contribution in [-0.2, 0) is 0 Å². The maximum absolute atomic E-state index is 9.39. The fourth-order valence-electron chi connectivity index (χ4n) is 2.63. The molecular weight excluding hydrogens is 286 g/mol. The first-order valence-corrected chi connectivity index (χ1v) is 7.88. The minimum atomic E-state index is -0.109. The third-order valence-electron chi connectivity index (χ3n) is 3.97. The number of methoxy groups -OCH3 is 1. The van der Waals surface area contributed by atoms with Gasteiger partial charge in [0.15, 0.2) is 0 Å².